The Morgan fingerprint density at radius 1 is 1.19 bits per heavy atom. The van der Waals surface area contributed by atoms with Gasteiger partial charge in [-0.3, -0.25) is 4.79 Å². The molecule has 1 aromatic heterocycles. The monoisotopic (exact) mass is 483 g/mol. The number of nitrogens with zero attached hydrogens (tertiary/aromatic N) is 4. The molecule has 2 atom stereocenters. The third-order valence-corrected chi connectivity index (χ3v) is 7.59. The lowest BCUT2D eigenvalue weighted by atomic mass is 9.89. The summed E-state index contributed by atoms with van der Waals surface area (Å²) in [7, 11) is 0. The van der Waals surface area contributed by atoms with E-state index in [2.05, 4.69) is 20.4 Å². The maximum absolute atomic E-state index is 13.3. The number of carbonyl (C=O) groups is 2. The van der Waals surface area contributed by atoms with Crippen LogP contribution in [0, 0.1) is 11.8 Å². The molecule has 0 spiro atoms. The van der Waals surface area contributed by atoms with Crippen molar-refractivity contribution in [2.24, 2.45) is 11.8 Å². The number of halogens is 2. The summed E-state index contributed by atoms with van der Waals surface area (Å²) in [5.74, 6) is 0.0652. The molecule has 0 bridgehead atoms. The zero-order valence-corrected chi connectivity index (χ0v) is 19.0. The van der Waals surface area contributed by atoms with Crippen LogP contribution in [0.4, 0.5) is 9.93 Å². The van der Waals surface area contributed by atoms with E-state index in [0.29, 0.717) is 23.1 Å². The van der Waals surface area contributed by atoms with Crippen molar-refractivity contribution in [2.45, 2.75) is 18.8 Å². The van der Waals surface area contributed by atoms with Gasteiger partial charge in [-0.2, -0.15) is 0 Å². The fourth-order valence-corrected chi connectivity index (χ4v) is 5.40. The van der Waals surface area contributed by atoms with Crippen LogP contribution in [0.2, 0.25) is 10.0 Å². The molecule has 2 saturated heterocycles. The molecule has 11 heteroatoms. The van der Waals surface area contributed by atoms with Crippen molar-refractivity contribution >= 4 is 51.7 Å². The summed E-state index contributed by atoms with van der Waals surface area (Å²) in [6.45, 7) is 2.89. The molecule has 2 N–H and O–H groups in total. The van der Waals surface area contributed by atoms with Crippen molar-refractivity contribution in [2.75, 3.05) is 37.6 Å². The molecule has 31 heavy (non-hydrogen) atoms. The summed E-state index contributed by atoms with van der Waals surface area (Å²) in [5.41, 5.74) is 2.68. The highest BCUT2D eigenvalue weighted by atomic mass is 35.5. The van der Waals surface area contributed by atoms with Gasteiger partial charge in [-0.05, 0) is 30.5 Å². The summed E-state index contributed by atoms with van der Waals surface area (Å²) in [6.07, 6.45) is 0.469. The number of aromatic nitrogens is 2. The molecule has 1 aromatic carbocycles. The first kappa shape index (κ1) is 22.1. The van der Waals surface area contributed by atoms with Gasteiger partial charge in [0.2, 0.25) is 11.0 Å². The number of likely N-dealkylation sites (tertiary alicyclic amines) is 1. The smallest absolute Gasteiger partial charge is 0.404 e. The number of hydrogen-bond donors (Lipinski definition) is 2. The molecule has 2 aliphatic rings. The molecule has 4 rings (SSSR count). The Morgan fingerprint density at radius 3 is 2.61 bits per heavy atom. The van der Waals surface area contributed by atoms with E-state index in [4.69, 9.17) is 28.3 Å². The third kappa shape index (κ3) is 5.05. The summed E-state index contributed by atoms with van der Waals surface area (Å²) >= 11 is 13.8. The van der Waals surface area contributed by atoms with Gasteiger partial charge in [0.05, 0.1) is 10.0 Å². The van der Waals surface area contributed by atoms with E-state index < -0.39 is 6.09 Å². The van der Waals surface area contributed by atoms with Crippen LogP contribution in [0.5, 0.6) is 0 Å². The zero-order chi connectivity index (χ0) is 22.0. The van der Waals surface area contributed by atoms with Crippen molar-refractivity contribution < 1.29 is 14.7 Å². The lowest BCUT2D eigenvalue weighted by Crippen LogP contribution is -2.42. The highest BCUT2D eigenvalue weighted by molar-refractivity contribution is 7.13. The van der Waals surface area contributed by atoms with Crippen molar-refractivity contribution in [3.05, 3.63) is 39.3 Å². The van der Waals surface area contributed by atoms with E-state index in [9.17, 15) is 9.59 Å². The SMILES string of the molecule is O=C(O)NC[C@@H]1CN(C(=O)C2CCN(c3nncs3)CC2)C[C@@H]1c1ccc(Cl)c(Cl)c1. The molecule has 0 aliphatic carbocycles. The van der Waals surface area contributed by atoms with E-state index in [1.807, 2.05) is 17.0 Å². The standard InChI is InChI=1S/C20H23Cl2N5O3S/c21-16-2-1-13(7-17(16)22)15-10-27(9-14(15)8-23-20(29)30)18(28)12-3-5-26(6-4-12)19-25-24-11-31-19/h1-2,7,11-12,14-15,23H,3-6,8-10H2,(H,29,30)/t14-,15-/m1/s1. The Hall–Kier alpha value is -2.10. The van der Waals surface area contributed by atoms with Crippen LogP contribution in [0.25, 0.3) is 0 Å². The Balaban J connectivity index is 1.43. The van der Waals surface area contributed by atoms with Crippen LogP contribution in [0.3, 0.4) is 0 Å². The van der Waals surface area contributed by atoms with Crippen molar-refractivity contribution in [3.8, 4) is 0 Å². The first-order valence-electron chi connectivity index (χ1n) is 10.1. The summed E-state index contributed by atoms with van der Waals surface area (Å²) in [6, 6.07) is 5.46. The molecule has 166 valence electrons. The van der Waals surface area contributed by atoms with E-state index >= 15 is 0 Å². The topological polar surface area (TPSA) is 98.7 Å². The van der Waals surface area contributed by atoms with E-state index in [-0.39, 0.29) is 30.2 Å². The molecule has 2 amide bonds. The number of rotatable bonds is 5. The lowest BCUT2D eigenvalue weighted by molar-refractivity contribution is -0.135. The molecule has 0 unspecified atom stereocenters. The molecular formula is C20H23Cl2N5O3S. The average molecular weight is 484 g/mol. The van der Waals surface area contributed by atoms with Crippen LogP contribution in [-0.4, -0.2) is 64.9 Å². The molecular weight excluding hydrogens is 461 g/mol. The van der Waals surface area contributed by atoms with Gasteiger partial charge in [-0.1, -0.05) is 40.6 Å². The number of hydrogen-bond acceptors (Lipinski definition) is 6. The Bertz CT molecular complexity index is 937. The Kier molecular flexibility index (Phi) is 6.83. The van der Waals surface area contributed by atoms with Gasteiger partial charge in [-0.15, -0.1) is 10.2 Å². The van der Waals surface area contributed by atoms with E-state index in [1.54, 1.807) is 11.6 Å². The normalized spacial score (nSPS) is 22.0. The van der Waals surface area contributed by atoms with Crippen LogP contribution < -0.4 is 10.2 Å². The molecule has 0 saturated carbocycles. The number of carboxylic acid groups (broad SMARTS) is 1. The summed E-state index contributed by atoms with van der Waals surface area (Å²) < 4.78 is 0. The molecule has 3 heterocycles. The van der Waals surface area contributed by atoms with Gasteiger partial charge in [0.15, 0.2) is 0 Å². The van der Waals surface area contributed by atoms with Gasteiger partial charge in [-0.25, -0.2) is 4.79 Å². The van der Waals surface area contributed by atoms with Crippen LogP contribution in [0.1, 0.15) is 24.3 Å². The Labute approximate surface area is 194 Å². The molecule has 2 aliphatic heterocycles. The lowest BCUT2D eigenvalue weighted by Gasteiger charge is -2.32. The summed E-state index contributed by atoms with van der Waals surface area (Å²) in [4.78, 5) is 28.4. The second-order valence-electron chi connectivity index (χ2n) is 7.95. The number of anilines is 1. The highest BCUT2D eigenvalue weighted by Crippen LogP contribution is 2.37. The van der Waals surface area contributed by atoms with Gasteiger partial charge in [0.1, 0.15) is 5.51 Å². The fourth-order valence-electron chi connectivity index (χ4n) is 4.48. The molecule has 0 radical (unpaired) electrons. The average Bonchev–Trinajstić information content (AvgIpc) is 3.44. The number of amides is 2. The van der Waals surface area contributed by atoms with E-state index in [1.165, 1.54) is 11.3 Å². The van der Waals surface area contributed by atoms with Gasteiger partial charge < -0.3 is 20.2 Å². The zero-order valence-electron chi connectivity index (χ0n) is 16.7. The Morgan fingerprint density at radius 2 is 1.97 bits per heavy atom. The van der Waals surface area contributed by atoms with Crippen LogP contribution >= 0.6 is 34.5 Å². The number of piperidine rings is 1. The number of benzene rings is 1. The van der Waals surface area contributed by atoms with Crippen molar-refractivity contribution in [3.63, 3.8) is 0 Å². The number of nitrogens with one attached hydrogen (secondary N) is 1. The largest absolute Gasteiger partial charge is 0.465 e. The molecule has 2 aromatic rings. The quantitative estimate of drug-likeness (QED) is 0.674. The van der Waals surface area contributed by atoms with Crippen molar-refractivity contribution in [1.29, 1.82) is 0 Å². The predicted octanol–water partition coefficient (Wildman–Crippen LogP) is 3.57. The highest BCUT2D eigenvalue weighted by Gasteiger charge is 2.39. The van der Waals surface area contributed by atoms with Crippen molar-refractivity contribution in [1.82, 2.24) is 20.4 Å². The number of carbonyl (C=O) groups excluding carboxylic acids is 1. The molecule has 2 fully saturated rings. The van der Waals surface area contributed by atoms with Gasteiger partial charge >= 0.3 is 6.09 Å². The predicted molar refractivity (Wildman–Crippen MR) is 120 cm³/mol. The first-order valence-corrected chi connectivity index (χ1v) is 11.8. The maximum atomic E-state index is 13.3. The fraction of sp³-hybridized carbons (Fsp3) is 0.500. The minimum absolute atomic E-state index is 0.00736. The maximum Gasteiger partial charge on any atom is 0.404 e. The molecule has 8 nitrogen and oxygen atoms in total. The first-order chi connectivity index (χ1) is 14.9. The second-order valence-corrected chi connectivity index (χ2v) is 9.58. The van der Waals surface area contributed by atoms with E-state index in [0.717, 1.165) is 36.6 Å². The van der Waals surface area contributed by atoms with Gasteiger partial charge in [0, 0.05) is 50.5 Å². The van der Waals surface area contributed by atoms with Crippen LogP contribution in [0.15, 0.2) is 23.7 Å². The summed E-state index contributed by atoms with van der Waals surface area (Å²) in [5, 5.41) is 21.3. The van der Waals surface area contributed by atoms with Gasteiger partial charge in [0.25, 0.3) is 0 Å². The minimum atomic E-state index is -1.07. The van der Waals surface area contributed by atoms with Crippen LogP contribution in [-0.2, 0) is 4.79 Å². The minimum Gasteiger partial charge on any atom is -0.465 e. The third-order valence-electron chi connectivity index (χ3n) is 6.10. The second kappa shape index (κ2) is 9.58.